The van der Waals surface area contributed by atoms with E-state index >= 15 is 0 Å². The van der Waals surface area contributed by atoms with Gasteiger partial charge in [0, 0.05) is 34.9 Å². The number of nitrogens with one attached hydrogen (secondary N) is 1. The standard InChI is InChI=1S/C23H17N3O3S2/c27-19(25-23-24-17(13-31-23)18-9-4-12-30-18)10-3-11-26-21(28)15-7-1-5-14-6-2-8-16(20(14)15)22(26)29/h1-2,4-9,12-13H,3,10-11H2,(H,24,25,27). The molecule has 1 N–H and O–H groups in total. The molecule has 2 aromatic heterocycles. The average molecular weight is 448 g/mol. The first-order valence-electron chi connectivity index (χ1n) is 9.79. The Labute approximate surface area is 186 Å². The molecule has 0 fully saturated rings. The fourth-order valence-electron chi connectivity index (χ4n) is 3.73. The van der Waals surface area contributed by atoms with Crippen molar-refractivity contribution in [3.05, 3.63) is 70.4 Å². The first kappa shape index (κ1) is 19.6. The summed E-state index contributed by atoms with van der Waals surface area (Å²) >= 11 is 2.97. The SMILES string of the molecule is O=C(CCCN1C(=O)c2cccc3cccc(c23)C1=O)Nc1nc(-c2cccs2)cs1. The molecule has 1 aliphatic rings. The summed E-state index contributed by atoms with van der Waals surface area (Å²) in [6, 6.07) is 14.9. The molecule has 4 aromatic rings. The van der Waals surface area contributed by atoms with Gasteiger partial charge in [0.2, 0.25) is 5.91 Å². The monoisotopic (exact) mass is 447 g/mol. The van der Waals surface area contributed by atoms with Gasteiger partial charge >= 0.3 is 0 Å². The predicted octanol–water partition coefficient (Wildman–Crippen LogP) is 5.04. The lowest BCUT2D eigenvalue weighted by Crippen LogP contribution is -2.41. The van der Waals surface area contributed by atoms with Gasteiger partial charge in [0.1, 0.15) is 0 Å². The molecule has 0 spiro atoms. The van der Waals surface area contributed by atoms with Crippen LogP contribution in [-0.4, -0.2) is 34.2 Å². The number of rotatable bonds is 6. The molecule has 2 aromatic carbocycles. The number of carbonyl (C=O) groups is 3. The molecule has 1 aliphatic heterocycles. The van der Waals surface area contributed by atoms with E-state index in [0.29, 0.717) is 28.1 Å². The van der Waals surface area contributed by atoms with Crippen LogP contribution in [0.3, 0.4) is 0 Å². The van der Waals surface area contributed by atoms with Crippen LogP contribution in [0.2, 0.25) is 0 Å². The number of imide groups is 1. The summed E-state index contributed by atoms with van der Waals surface area (Å²) in [5.41, 5.74) is 1.90. The molecule has 8 heteroatoms. The Morgan fingerprint density at radius 3 is 2.39 bits per heavy atom. The van der Waals surface area contributed by atoms with Crippen LogP contribution in [0.15, 0.2) is 59.3 Å². The second kappa shape index (κ2) is 8.05. The van der Waals surface area contributed by atoms with E-state index in [1.165, 1.54) is 16.2 Å². The number of carbonyl (C=O) groups excluding carboxylic acids is 3. The number of hydrogen-bond donors (Lipinski definition) is 1. The second-order valence-electron chi connectivity index (χ2n) is 7.14. The predicted molar refractivity (Wildman–Crippen MR) is 123 cm³/mol. The van der Waals surface area contributed by atoms with Gasteiger partial charge in [-0.1, -0.05) is 30.3 Å². The molecule has 0 radical (unpaired) electrons. The maximum atomic E-state index is 12.9. The van der Waals surface area contributed by atoms with Gasteiger partial charge < -0.3 is 5.32 Å². The van der Waals surface area contributed by atoms with E-state index in [2.05, 4.69) is 10.3 Å². The molecular formula is C23H17N3O3S2. The Kier molecular flexibility index (Phi) is 5.09. The number of benzene rings is 2. The zero-order chi connectivity index (χ0) is 21.4. The van der Waals surface area contributed by atoms with Gasteiger partial charge in [0.25, 0.3) is 11.8 Å². The highest BCUT2D eigenvalue weighted by Gasteiger charge is 2.32. The minimum absolute atomic E-state index is 0.188. The highest BCUT2D eigenvalue weighted by atomic mass is 32.1. The molecule has 0 saturated carbocycles. The van der Waals surface area contributed by atoms with Crippen LogP contribution in [0.5, 0.6) is 0 Å². The minimum atomic E-state index is -0.310. The van der Waals surface area contributed by atoms with Crippen LogP contribution in [-0.2, 0) is 4.79 Å². The smallest absolute Gasteiger partial charge is 0.261 e. The summed E-state index contributed by atoms with van der Waals surface area (Å²) in [4.78, 5) is 44.8. The lowest BCUT2D eigenvalue weighted by Gasteiger charge is -2.27. The summed E-state index contributed by atoms with van der Waals surface area (Å²) in [6.45, 7) is 0.189. The first-order valence-corrected chi connectivity index (χ1v) is 11.5. The van der Waals surface area contributed by atoms with E-state index in [4.69, 9.17) is 0 Å². The number of hydrogen-bond acceptors (Lipinski definition) is 6. The summed E-state index contributed by atoms with van der Waals surface area (Å²) in [7, 11) is 0. The Hall–Kier alpha value is -3.36. The summed E-state index contributed by atoms with van der Waals surface area (Å²) in [5, 5.41) is 8.81. The molecule has 6 nitrogen and oxygen atoms in total. The highest BCUT2D eigenvalue weighted by Crippen LogP contribution is 2.30. The van der Waals surface area contributed by atoms with E-state index in [0.717, 1.165) is 16.0 Å². The van der Waals surface area contributed by atoms with E-state index in [1.807, 2.05) is 47.2 Å². The molecule has 0 unspecified atom stereocenters. The highest BCUT2D eigenvalue weighted by molar-refractivity contribution is 7.16. The van der Waals surface area contributed by atoms with Crippen LogP contribution < -0.4 is 5.32 Å². The van der Waals surface area contributed by atoms with Gasteiger partial charge in [0.05, 0.1) is 10.6 Å². The lowest BCUT2D eigenvalue weighted by molar-refractivity contribution is -0.116. The third-order valence-corrected chi connectivity index (χ3v) is 6.82. The zero-order valence-corrected chi connectivity index (χ0v) is 18.0. The largest absolute Gasteiger partial charge is 0.302 e. The minimum Gasteiger partial charge on any atom is -0.302 e. The fourth-order valence-corrected chi connectivity index (χ4v) is 5.22. The van der Waals surface area contributed by atoms with Gasteiger partial charge in [-0.25, -0.2) is 4.98 Å². The number of anilines is 1. The summed E-state index contributed by atoms with van der Waals surface area (Å²) < 4.78 is 0. The Morgan fingerprint density at radius 1 is 0.968 bits per heavy atom. The molecule has 0 atom stereocenters. The number of aromatic nitrogens is 1. The van der Waals surface area contributed by atoms with Gasteiger partial charge in [-0.15, -0.1) is 22.7 Å². The van der Waals surface area contributed by atoms with Crippen LogP contribution in [0.25, 0.3) is 21.3 Å². The average Bonchev–Trinajstić information content (AvgIpc) is 3.46. The Balaban J connectivity index is 1.22. The van der Waals surface area contributed by atoms with Crippen molar-refractivity contribution in [1.82, 2.24) is 9.88 Å². The van der Waals surface area contributed by atoms with E-state index in [-0.39, 0.29) is 30.7 Å². The summed E-state index contributed by atoms with van der Waals surface area (Å²) in [6.07, 6.45) is 0.571. The number of amides is 3. The molecule has 0 saturated heterocycles. The molecule has 154 valence electrons. The van der Waals surface area contributed by atoms with Crippen molar-refractivity contribution in [2.24, 2.45) is 0 Å². The van der Waals surface area contributed by atoms with Crippen molar-refractivity contribution in [2.75, 3.05) is 11.9 Å². The quantitative estimate of drug-likeness (QED) is 0.420. The topological polar surface area (TPSA) is 79.4 Å². The molecule has 3 amide bonds. The lowest BCUT2D eigenvalue weighted by atomic mass is 9.94. The van der Waals surface area contributed by atoms with Crippen molar-refractivity contribution >= 4 is 56.3 Å². The molecule has 5 rings (SSSR count). The van der Waals surface area contributed by atoms with Gasteiger partial charge in [-0.2, -0.15) is 0 Å². The Bertz CT molecular complexity index is 1260. The number of nitrogens with zero attached hydrogens (tertiary/aromatic N) is 2. The van der Waals surface area contributed by atoms with Crippen LogP contribution in [0.4, 0.5) is 5.13 Å². The molecule has 0 aliphatic carbocycles. The third kappa shape index (κ3) is 3.64. The van der Waals surface area contributed by atoms with Crippen LogP contribution >= 0.6 is 22.7 Å². The van der Waals surface area contributed by atoms with Crippen molar-refractivity contribution in [2.45, 2.75) is 12.8 Å². The van der Waals surface area contributed by atoms with Gasteiger partial charge in [0.15, 0.2) is 5.13 Å². The number of thiophene rings is 1. The van der Waals surface area contributed by atoms with Crippen LogP contribution in [0.1, 0.15) is 33.6 Å². The second-order valence-corrected chi connectivity index (χ2v) is 8.94. The maximum Gasteiger partial charge on any atom is 0.261 e. The normalized spacial score (nSPS) is 13.1. The van der Waals surface area contributed by atoms with E-state index in [9.17, 15) is 14.4 Å². The van der Waals surface area contributed by atoms with Crippen molar-refractivity contribution in [1.29, 1.82) is 0 Å². The van der Waals surface area contributed by atoms with Gasteiger partial charge in [-0.05, 0) is 35.4 Å². The number of thiazole rings is 1. The van der Waals surface area contributed by atoms with Gasteiger partial charge in [-0.3, -0.25) is 19.3 Å². The molecular weight excluding hydrogens is 430 g/mol. The molecule has 31 heavy (non-hydrogen) atoms. The van der Waals surface area contributed by atoms with Crippen LogP contribution in [0, 0.1) is 0 Å². The molecule has 0 bridgehead atoms. The van der Waals surface area contributed by atoms with E-state index in [1.54, 1.807) is 23.5 Å². The third-order valence-electron chi connectivity index (χ3n) is 5.17. The van der Waals surface area contributed by atoms with Crippen molar-refractivity contribution < 1.29 is 14.4 Å². The zero-order valence-electron chi connectivity index (χ0n) is 16.3. The Morgan fingerprint density at radius 2 is 1.71 bits per heavy atom. The van der Waals surface area contributed by atoms with E-state index < -0.39 is 0 Å². The van der Waals surface area contributed by atoms with Crippen molar-refractivity contribution in [3.8, 4) is 10.6 Å². The van der Waals surface area contributed by atoms with Crippen molar-refractivity contribution in [3.63, 3.8) is 0 Å². The maximum absolute atomic E-state index is 12.9. The summed E-state index contributed by atoms with van der Waals surface area (Å²) in [5.74, 6) is -0.808. The fraction of sp³-hybridized carbons (Fsp3) is 0.130. The molecule has 3 heterocycles. The first-order chi connectivity index (χ1) is 15.1.